The second-order valence-corrected chi connectivity index (χ2v) is 11.4. The van der Waals surface area contributed by atoms with Crippen molar-refractivity contribution in [1.29, 1.82) is 0 Å². The number of nitrogens with zero attached hydrogens (tertiary/aromatic N) is 2. The lowest BCUT2D eigenvalue weighted by Crippen LogP contribution is -2.04. The fraction of sp³-hybridized carbons (Fsp3) is 0.457. The molecule has 2 aromatic heterocycles. The minimum absolute atomic E-state index is 0.165. The molecule has 52 heavy (non-hydrogen) atoms. The van der Waals surface area contributed by atoms with E-state index in [1.165, 1.54) is 5.56 Å². The number of carbonyl (C=O) groups is 3. The van der Waals surface area contributed by atoms with E-state index in [2.05, 4.69) is 9.97 Å². The zero-order chi connectivity index (χ0) is 39.6. The van der Waals surface area contributed by atoms with Crippen LogP contribution in [0.25, 0.3) is 0 Å². The van der Waals surface area contributed by atoms with Crippen LogP contribution < -0.4 is 0 Å². The predicted molar refractivity (Wildman–Crippen MR) is 220 cm³/mol. The number of ketones is 3. The third kappa shape index (κ3) is 25.6. The Hall–Kier alpha value is -4.29. The Morgan fingerprint density at radius 1 is 0.519 bits per heavy atom. The maximum absolute atomic E-state index is 11.9. The van der Waals surface area contributed by atoms with Gasteiger partial charge in [-0.3, -0.25) is 24.4 Å². The van der Waals surface area contributed by atoms with Gasteiger partial charge in [0, 0.05) is 56.9 Å². The summed E-state index contributed by atoms with van der Waals surface area (Å²) < 4.78 is 0. The molecule has 4 aromatic rings. The third-order valence-electron chi connectivity index (χ3n) is 7.25. The van der Waals surface area contributed by atoms with Crippen molar-refractivity contribution in [3.63, 3.8) is 0 Å². The number of pyridine rings is 2. The van der Waals surface area contributed by atoms with Crippen molar-refractivity contribution in [3.05, 3.63) is 131 Å². The van der Waals surface area contributed by atoms with Gasteiger partial charge in [-0.1, -0.05) is 116 Å². The summed E-state index contributed by atoms with van der Waals surface area (Å²) in [5.41, 5.74) is 6.68. The molecule has 0 radical (unpaired) electrons. The molecular formula is C46H68N2O4. The van der Waals surface area contributed by atoms with E-state index < -0.39 is 0 Å². The minimum Gasteiger partial charge on any atom is -0.393 e. The number of carbonyl (C=O) groups excluding carboxylic acids is 3. The molecule has 2 aromatic carbocycles. The smallest absolute Gasteiger partial charge is 0.134 e. The third-order valence-corrected chi connectivity index (χ3v) is 7.25. The first kappa shape index (κ1) is 49.8. The van der Waals surface area contributed by atoms with Crippen LogP contribution in [0.15, 0.2) is 97.6 Å². The Morgan fingerprint density at radius 3 is 1.15 bits per heavy atom. The summed E-state index contributed by atoms with van der Waals surface area (Å²) in [7, 11) is 0. The van der Waals surface area contributed by atoms with E-state index in [1.54, 1.807) is 32.4 Å². The van der Waals surface area contributed by atoms with Crippen LogP contribution in [0.1, 0.15) is 128 Å². The van der Waals surface area contributed by atoms with Crippen LogP contribution in [0.3, 0.4) is 0 Å². The average molecular weight is 713 g/mol. The monoisotopic (exact) mass is 713 g/mol. The van der Waals surface area contributed by atoms with Crippen LogP contribution in [-0.4, -0.2) is 38.5 Å². The highest BCUT2D eigenvalue weighted by atomic mass is 16.3. The molecule has 0 aliphatic carbocycles. The minimum atomic E-state index is -0.320. The summed E-state index contributed by atoms with van der Waals surface area (Å²) in [5.74, 6) is 0.729. The van der Waals surface area contributed by atoms with E-state index in [4.69, 9.17) is 0 Å². The van der Waals surface area contributed by atoms with Gasteiger partial charge in [0.2, 0.25) is 0 Å². The quantitative estimate of drug-likeness (QED) is 0.124. The lowest BCUT2D eigenvalue weighted by atomic mass is 10.0. The standard InChI is InChI=1S/C19H23NO2.C19H21NO2.4C2H6/c2*1-15(21)13-17-6-4-16(5-7-17)8-10-19(22)11-9-18-3-2-12-20-14-18;4*1-2/h2-7,12,14-15,21H,8-11,13H2,1H3;2-7,12,14H,8-11,13H2,1H3;4*1-2H3. The van der Waals surface area contributed by atoms with Crippen LogP contribution in [0.5, 0.6) is 0 Å². The molecule has 0 fully saturated rings. The van der Waals surface area contributed by atoms with Gasteiger partial charge in [-0.25, -0.2) is 0 Å². The van der Waals surface area contributed by atoms with Gasteiger partial charge < -0.3 is 5.11 Å². The predicted octanol–water partition coefficient (Wildman–Crippen LogP) is 10.6. The summed E-state index contributed by atoms with van der Waals surface area (Å²) >= 11 is 0. The van der Waals surface area contributed by atoms with Crippen molar-refractivity contribution in [2.45, 2.75) is 140 Å². The van der Waals surface area contributed by atoms with Crippen molar-refractivity contribution in [3.8, 4) is 0 Å². The Kier molecular flexibility index (Phi) is 32.4. The van der Waals surface area contributed by atoms with E-state index in [-0.39, 0.29) is 23.5 Å². The summed E-state index contributed by atoms with van der Waals surface area (Å²) in [6.45, 7) is 19.4. The molecule has 0 saturated heterocycles. The fourth-order valence-electron chi connectivity index (χ4n) is 4.77. The Balaban J connectivity index is 0. The molecule has 1 unspecified atom stereocenters. The number of aliphatic hydroxyl groups excluding tert-OH is 1. The van der Waals surface area contributed by atoms with Gasteiger partial charge >= 0.3 is 0 Å². The number of rotatable bonds is 16. The number of Topliss-reactive ketones (excluding diaryl/α,β-unsaturated/α-hetero) is 3. The topological polar surface area (TPSA) is 97.2 Å². The normalized spacial score (nSPS) is 9.98. The molecule has 0 aliphatic heterocycles. The molecule has 1 N–H and O–H groups in total. The van der Waals surface area contributed by atoms with Gasteiger partial charge in [0.1, 0.15) is 17.3 Å². The SMILES string of the molecule is CC.CC.CC.CC.CC(=O)Cc1ccc(CCC(=O)CCc2cccnc2)cc1.CC(O)Cc1ccc(CCC(=O)CCc2cccnc2)cc1. The number of aryl methyl sites for hydroxylation is 4. The molecule has 2 heterocycles. The first-order valence-corrected chi connectivity index (χ1v) is 19.4. The van der Waals surface area contributed by atoms with Crippen LogP contribution in [0.2, 0.25) is 0 Å². The Labute approximate surface area is 316 Å². The zero-order valence-corrected chi connectivity index (χ0v) is 34.0. The van der Waals surface area contributed by atoms with E-state index >= 15 is 0 Å². The fourth-order valence-corrected chi connectivity index (χ4v) is 4.77. The molecule has 0 aliphatic rings. The highest BCUT2D eigenvalue weighted by Gasteiger charge is 2.06. The van der Waals surface area contributed by atoms with Gasteiger partial charge in [-0.15, -0.1) is 0 Å². The van der Waals surface area contributed by atoms with Gasteiger partial charge in [0.05, 0.1) is 6.10 Å². The van der Waals surface area contributed by atoms with Crippen LogP contribution >= 0.6 is 0 Å². The molecule has 0 amide bonds. The van der Waals surface area contributed by atoms with E-state index in [9.17, 15) is 19.5 Å². The van der Waals surface area contributed by atoms with Crippen molar-refractivity contribution < 1.29 is 19.5 Å². The van der Waals surface area contributed by atoms with Crippen molar-refractivity contribution in [2.24, 2.45) is 0 Å². The molecule has 6 nitrogen and oxygen atoms in total. The molecular weight excluding hydrogens is 645 g/mol. The number of hydrogen-bond donors (Lipinski definition) is 1. The van der Waals surface area contributed by atoms with E-state index in [1.807, 2.05) is 134 Å². The Bertz CT molecular complexity index is 1420. The second kappa shape index (κ2) is 33.8. The first-order valence-electron chi connectivity index (χ1n) is 19.4. The van der Waals surface area contributed by atoms with Gasteiger partial charge in [-0.05, 0) is 91.5 Å². The summed E-state index contributed by atoms with van der Waals surface area (Å²) in [6, 6.07) is 23.9. The summed E-state index contributed by atoms with van der Waals surface area (Å²) in [6.07, 6.45) is 13.3. The molecule has 1 atom stereocenters. The zero-order valence-electron chi connectivity index (χ0n) is 34.0. The van der Waals surface area contributed by atoms with Gasteiger partial charge in [0.15, 0.2) is 0 Å². The highest BCUT2D eigenvalue weighted by molar-refractivity contribution is 5.79. The molecule has 0 saturated carbocycles. The largest absolute Gasteiger partial charge is 0.393 e. The number of hydrogen-bond acceptors (Lipinski definition) is 6. The molecule has 4 rings (SSSR count). The molecule has 0 spiro atoms. The van der Waals surface area contributed by atoms with Crippen molar-refractivity contribution >= 4 is 17.3 Å². The summed E-state index contributed by atoms with van der Waals surface area (Å²) in [4.78, 5) is 43.0. The number of aromatic nitrogens is 2. The number of aliphatic hydroxyl groups is 1. The van der Waals surface area contributed by atoms with Crippen LogP contribution in [-0.2, 0) is 52.9 Å². The maximum atomic E-state index is 11.9. The lowest BCUT2D eigenvalue weighted by molar-refractivity contribution is -0.119. The highest BCUT2D eigenvalue weighted by Crippen LogP contribution is 2.12. The Morgan fingerprint density at radius 2 is 0.846 bits per heavy atom. The van der Waals surface area contributed by atoms with Gasteiger partial charge in [-0.2, -0.15) is 0 Å². The molecule has 286 valence electrons. The van der Waals surface area contributed by atoms with E-state index in [0.29, 0.717) is 38.5 Å². The maximum Gasteiger partial charge on any atom is 0.134 e. The molecule has 6 heteroatoms. The van der Waals surface area contributed by atoms with E-state index in [0.717, 1.165) is 53.5 Å². The lowest BCUT2D eigenvalue weighted by Gasteiger charge is -2.06. The summed E-state index contributed by atoms with van der Waals surface area (Å²) in [5, 5.41) is 9.36. The van der Waals surface area contributed by atoms with Crippen LogP contribution in [0.4, 0.5) is 0 Å². The van der Waals surface area contributed by atoms with Crippen molar-refractivity contribution in [2.75, 3.05) is 0 Å². The van der Waals surface area contributed by atoms with Gasteiger partial charge in [0.25, 0.3) is 0 Å². The molecule has 0 bridgehead atoms. The van der Waals surface area contributed by atoms with Crippen molar-refractivity contribution in [1.82, 2.24) is 9.97 Å². The number of benzene rings is 2. The average Bonchev–Trinajstić information content (AvgIpc) is 3.19. The second-order valence-electron chi connectivity index (χ2n) is 11.4. The van der Waals surface area contributed by atoms with Crippen LogP contribution in [0, 0.1) is 0 Å². The first-order chi connectivity index (χ1) is 25.3.